The molecule has 0 aliphatic rings. The van der Waals surface area contributed by atoms with Crippen molar-refractivity contribution in [2.75, 3.05) is 6.61 Å². The molecule has 1 rings (SSSR count). The molecular weight excluding hydrogens is 252 g/mol. The van der Waals surface area contributed by atoms with Crippen LogP contribution in [-0.4, -0.2) is 62.3 Å². The number of carbonyl (C=O) groups is 1. The monoisotopic (exact) mass is 271 g/mol. The highest BCUT2D eigenvalue weighted by Gasteiger charge is 2.33. The van der Waals surface area contributed by atoms with E-state index in [2.05, 4.69) is 0 Å². The fourth-order valence-corrected chi connectivity index (χ4v) is 1.49. The number of hydrogen-bond donors (Lipinski definition) is 5. The third kappa shape index (κ3) is 4.38. The van der Waals surface area contributed by atoms with Crippen molar-refractivity contribution in [3.05, 3.63) is 35.9 Å². The van der Waals surface area contributed by atoms with E-state index >= 15 is 0 Å². The molecule has 0 aliphatic heterocycles. The van der Waals surface area contributed by atoms with Gasteiger partial charge in [-0.1, -0.05) is 30.3 Å². The summed E-state index contributed by atoms with van der Waals surface area (Å²) in [5.74, 6) is -1.01. The van der Waals surface area contributed by atoms with Crippen LogP contribution in [-0.2, 0) is 11.2 Å². The van der Waals surface area contributed by atoms with Gasteiger partial charge in [0.15, 0.2) is 5.78 Å². The fraction of sp³-hybridized carbons (Fsp3) is 0.462. The molecule has 0 fully saturated rings. The van der Waals surface area contributed by atoms with Crippen LogP contribution in [0, 0.1) is 0 Å². The summed E-state index contributed by atoms with van der Waals surface area (Å²) in [4.78, 5) is 11.8. The van der Waals surface area contributed by atoms with Crippen molar-refractivity contribution in [3.8, 4) is 0 Å². The summed E-state index contributed by atoms with van der Waals surface area (Å²) in [7, 11) is 0. The summed E-state index contributed by atoms with van der Waals surface area (Å²) in [5.41, 5.74) is 0.334. The van der Waals surface area contributed by atoms with Gasteiger partial charge >= 0.3 is 0 Å². The van der Waals surface area contributed by atoms with E-state index in [1.165, 1.54) is 12.1 Å². The molecule has 0 radical (unpaired) electrons. The van der Waals surface area contributed by atoms with Crippen molar-refractivity contribution in [3.63, 3.8) is 0 Å². The van der Waals surface area contributed by atoms with E-state index < -0.39 is 43.2 Å². The van der Waals surface area contributed by atoms with E-state index in [9.17, 15) is 20.1 Å². The highest BCUT2D eigenvalue weighted by atomic mass is 16.4. The molecule has 0 saturated carbocycles. The van der Waals surface area contributed by atoms with Gasteiger partial charge in [0, 0.05) is 7.77 Å². The number of benzene rings is 1. The summed E-state index contributed by atoms with van der Waals surface area (Å²) >= 11 is 0. The average molecular weight is 271 g/mol. The normalized spacial score (nSPS) is 19.9. The highest BCUT2D eigenvalue weighted by molar-refractivity contribution is 5.85. The number of hydrogen-bond acceptors (Lipinski definition) is 6. The Morgan fingerprint density at radius 2 is 1.68 bits per heavy atom. The molecule has 0 spiro atoms. The maximum Gasteiger partial charge on any atom is 0.168 e. The lowest BCUT2D eigenvalue weighted by Crippen LogP contribution is -2.49. The van der Waals surface area contributed by atoms with Crippen LogP contribution >= 0.6 is 0 Å². The van der Waals surface area contributed by atoms with Gasteiger partial charge in [0.25, 0.3) is 0 Å². The molecule has 0 heterocycles. The molecule has 1 unspecified atom stereocenters. The van der Waals surface area contributed by atoms with Crippen LogP contribution in [0.25, 0.3) is 0 Å². The summed E-state index contributed by atoms with van der Waals surface area (Å²) < 4.78 is 7.72. The maximum absolute atomic E-state index is 11.8. The minimum atomic E-state index is -2.03. The molecule has 6 heteroatoms. The van der Waals surface area contributed by atoms with Crippen LogP contribution < -0.4 is 0 Å². The van der Waals surface area contributed by atoms with Crippen LogP contribution in [0.1, 0.15) is 6.93 Å². The Hall–Kier alpha value is -1.31. The second-order valence-corrected chi connectivity index (χ2v) is 4.13. The minimum absolute atomic E-state index is 0.334. The van der Waals surface area contributed by atoms with Gasteiger partial charge in [-0.15, -0.1) is 0 Å². The van der Waals surface area contributed by atoms with Crippen LogP contribution in [0.2, 0.25) is 0 Å². The first-order valence-electron chi connectivity index (χ1n) is 6.32. The van der Waals surface area contributed by atoms with E-state index in [1.807, 2.05) is 0 Å². The molecule has 0 aromatic heterocycles. The Bertz CT molecular complexity index is 426. The lowest BCUT2D eigenvalue weighted by molar-refractivity contribution is -0.146. The van der Waals surface area contributed by atoms with E-state index in [0.717, 1.165) is 0 Å². The zero-order chi connectivity index (χ0) is 15.3. The molecule has 0 saturated heterocycles. The quantitative estimate of drug-likeness (QED) is 0.401. The standard InChI is InChI=1S/C13H18O6/c14-7-10(16)12(18)13(19)11(17)9(15)6-8-4-2-1-3-5-8/h1-5,10-14,16-19H,6-7H2/t10-,11-,12-,13-/m1/s1/i6D/t6?,10-,11-,12-,13-. The Balaban J connectivity index is 2.76. The number of ketones is 1. The third-order valence-corrected chi connectivity index (χ3v) is 2.65. The third-order valence-electron chi connectivity index (χ3n) is 2.65. The molecule has 1 aromatic carbocycles. The molecule has 5 N–H and O–H groups in total. The first-order chi connectivity index (χ1) is 9.40. The molecule has 19 heavy (non-hydrogen) atoms. The van der Waals surface area contributed by atoms with Crippen LogP contribution in [0.5, 0.6) is 0 Å². The second-order valence-electron chi connectivity index (χ2n) is 4.13. The predicted octanol–water partition coefficient (Wildman–Crippen LogP) is -1.77. The van der Waals surface area contributed by atoms with Crippen molar-refractivity contribution >= 4 is 5.78 Å². The summed E-state index contributed by atoms with van der Waals surface area (Å²) in [6, 6.07) is 7.99. The van der Waals surface area contributed by atoms with Crippen molar-refractivity contribution in [1.82, 2.24) is 0 Å². The summed E-state index contributed by atoms with van der Waals surface area (Å²) in [6.45, 7) is -0.831. The molecule has 5 atom stereocenters. The summed E-state index contributed by atoms with van der Waals surface area (Å²) in [6.07, 6.45) is -9.01. The molecule has 0 amide bonds. The van der Waals surface area contributed by atoms with E-state index in [-0.39, 0.29) is 0 Å². The van der Waals surface area contributed by atoms with Crippen LogP contribution in [0.4, 0.5) is 0 Å². The topological polar surface area (TPSA) is 118 Å². The van der Waals surface area contributed by atoms with Crippen molar-refractivity contribution in [1.29, 1.82) is 0 Å². The number of carbonyl (C=O) groups excluding carboxylic acids is 1. The van der Waals surface area contributed by atoms with Crippen molar-refractivity contribution in [2.24, 2.45) is 0 Å². The number of aliphatic hydroxyl groups is 5. The van der Waals surface area contributed by atoms with Crippen molar-refractivity contribution in [2.45, 2.75) is 30.8 Å². The maximum atomic E-state index is 11.8. The number of aliphatic hydroxyl groups excluding tert-OH is 5. The van der Waals surface area contributed by atoms with Crippen molar-refractivity contribution < 1.29 is 31.7 Å². The number of Topliss-reactive ketones (excluding diaryl/α,β-unsaturated/α-hetero) is 1. The largest absolute Gasteiger partial charge is 0.394 e. The zero-order valence-corrected chi connectivity index (χ0v) is 10.1. The second kappa shape index (κ2) is 7.32. The minimum Gasteiger partial charge on any atom is -0.394 e. The Labute approximate surface area is 112 Å². The SMILES string of the molecule is [2H]C(C(=O)[C@@H](O)[C@@H](O)[C@H](O)[C@H](O)CO)c1ccccc1. The first kappa shape index (κ1) is 14.1. The van der Waals surface area contributed by atoms with Gasteiger partial charge in [0.1, 0.15) is 24.4 Å². The molecule has 6 nitrogen and oxygen atoms in total. The fourth-order valence-electron chi connectivity index (χ4n) is 1.49. The Morgan fingerprint density at radius 3 is 2.21 bits per heavy atom. The Morgan fingerprint density at radius 1 is 1.11 bits per heavy atom. The average Bonchev–Trinajstić information content (AvgIpc) is 2.51. The smallest absolute Gasteiger partial charge is 0.168 e. The van der Waals surface area contributed by atoms with E-state index in [1.54, 1.807) is 18.2 Å². The van der Waals surface area contributed by atoms with Gasteiger partial charge < -0.3 is 25.5 Å². The van der Waals surface area contributed by atoms with Gasteiger partial charge in [-0.05, 0) is 5.56 Å². The van der Waals surface area contributed by atoms with Crippen LogP contribution in [0.3, 0.4) is 0 Å². The van der Waals surface area contributed by atoms with Gasteiger partial charge in [-0.2, -0.15) is 0 Å². The molecule has 106 valence electrons. The Kier molecular flexibility index (Phi) is 5.44. The molecule has 0 aliphatic carbocycles. The van der Waals surface area contributed by atoms with Gasteiger partial charge in [0.2, 0.25) is 0 Å². The van der Waals surface area contributed by atoms with Crippen LogP contribution in [0.15, 0.2) is 30.3 Å². The summed E-state index contributed by atoms with van der Waals surface area (Å²) in [5, 5.41) is 46.5. The highest BCUT2D eigenvalue weighted by Crippen LogP contribution is 2.09. The van der Waals surface area contributed by atoms with E-state index in [0.29, 0.717) is 5.56 Å². The van der Waals surface area contributed by atoms with Gasteiger partial charge in [-0.3, -0.25) is 4.79 Å². The first-order valence-corrected chi connectivity index (χ1v) is 5.74. The molecule has 1 aromatic rings. The van der Waals surface area contributed by atoms with E-state index in [4.69, 9.17) is 11.6 Å². The number of rotatable bonds is 7. The molecular formula is C13H18O6. The van der Waals surface area contributed by atoms with Gasteiger partial charge in [0.05, 0.1) is 6.61 Å². The van der Waals surface area contributed by atoms with Gasteiger partial charge in [-0.25, -0.2) is 0 Å². The predicted molar refractivity (Wildman–Crippen MR) is 66.3 cm³/mol. The lowest BCUT2D eigenvalue weighted by Gasteiger charge is -2.24. The zero-order valence-electron chi connectivity index (χ0n) is 11.1. The molecule has 0 bridgehead atoms. The lowest BCUT2D eigenvalue weighted by atomic mass is 9.97.